The maximum atomic E-state index is 12.9. The van der Waals surface area contributed by atoms with Crippen molar-refractivity contribution >= 4 is 140 Å². The summed E-state index contributed by atoms with van der Waals surface area (Å²) in [5, 5.41) is 22.2. The standard InChI is InChI=1S/2C23H22N2O4.C23H22N2O3.C22H20N2O3.C21H16N2O5/c1-12-7-14(8-19(27-3)13(12)2)24-23-15-9-20-21(29-11-28-20)10-17(15)25-16-5-4-6-18(26)22(16)23;1-13-8-14(10-15(9-13)27-2)24-23-16-11-20-21(29-7-6-28-20)12-18(16)25-17-4-3-5-19(26)22(17)23;1-12-5-6-17-22(12)23(24-15-7-13(2)14(3)19(8-15)26-4)16-9-20-21(28-11-27-20)10-18(16)25-17;1-12-4-6-14(8-18(12)25-3)23-22-15-9-19-20(27-11-26-19)10-17(15)24-16-7-5-13(2)21(16)22;24-15-3-1-2-13-20(15)21(22-11-4-5-16-17(6-11)26-9-25-16)12-7-18-19(28-10-27-18)8-14(12)23-13/h7-10H,4-6,11H2,1-3H3,(H,24,25);8-12H,3-7H2,1-2H3,(H,24,25);7-10H,1,5-6,11H2,2-4H3,(H,24,25);4,6,8-10H,2,5,7,11H2,1,3H3,(H,23,24);4-8H,1-3,9-10H2,(H,22,23). The predicted octanol–water partition coefficient (Wildman–Crippen LogP) is 23.7. The van der Waals surface area contributed by atoms with E-state index in [0.717, 1.165) is 300 Å². The Kier molecular flexibility index (Phi) is 23.6. The number of carbonyl (C=O) groups is 3. The molecule has 29 nitrogen and oxygen atoms in total. The lowest BCUT2D eigenvalue weighted by Crippen LogP contribution is -2.17. The van der Waals surface area contributed by atoms with E-state index in [4.69, 9.17) is 101 Å². The number of pyridine rings is 5. The van der Waals surface area contributed by atoms with Gasteiger partial charge in [-0.3, -0.25) is 39.3 Å². The van der Waals surface area contributed by atoms with E-state index in [1.54, 1.807) is 28.4 Å². The van der Waals surface area contributed by atoms with E-state index in [1.807, 2.05) is 149 Å². The first kappa shape index (κ1) is 89.7. The minimum atomic E-state index is 0.108. The number of allylic oxidation sites excluding steroid dienone is 2. The van der Waals surface area contributed by atoms with E-state index >= 15 is 0 Å². The van der Waals surface area contributed by atoms with E-state index in [0.29, 0.717) is 95.2 Å². The van der Waals surface area contributed by atoms with Gasteiger partial charge in [0.15, 0.2) is 86.3 Å². The van der Waals surface area contributed by atoms with Gasteiger partial charge >= 0.3 is 0 Å². The molecule has 10 aromatic carbocycles. The van der Waals surface area contributed by atoms with Gasteiger partial charge in [0.25, 0.3) is 0 Å². The van der Waals surface area contributed by atoms with Gasteiger partial charge in [0.1, 0.15) is 36.2 Å². The maximum absolute atomic E-state index is 12.9. The van der Waals surface area contributed by atoms with Crippen LogP contribution in [0.4, 0.5) is 56.9 Å². The second-order valence-electron chi connectivity index (χ2n) is 36.3. The fourth-order valence-corrected chi connectivity index (χ4v) is 20.1. The van der Waals surface area contributed by atoms with Gasteiger partial charge in [0, 0.05) is 146 Å². The van der Waals surface area contributed by atoms with Gasteiger partial charge < -0.3 is 102 Å². The molecule has 714 valence electrons. The van der Waals surface area contributed by atoms with Gasteiger partial charge in [-0.15, -0.1) is 0 Å². The van der Waals surface area contributed by atoms with Crippen molar-refractivity contribution in [1.82, 2.24) is 24.9 Å². The molecule has 11 heterocycles. The monoisotopic (exact) mass is 1890 g/mol. The Bertz CT molecular complexity index is 7830. The van der Waals surface area contributed by atoms with Crippen molar-refractivity contribution in [2.24, 2.45) is 0 Å². The summed E-state index contributed by atoms with van der Waals surface area (Å²) in [4.78, 5) is 62.6. The van der Waals surface area contributed by atoms with Crippen molar-refractivity contribution in [2.75, 3.05) is 102 Å². The molecule has 0 saturated carbocycles. The second-order valence-corrected chi connectivity index (χ2v) is 36.3. The molecule has 0 radical (unpaired) electrons. The van der Waals surface area contributed by atoms with Crippen molar-refractivity contribution < 1.29 is 90.2 Å². The Balaban J connectivity index is 0.000000101. The first-order valence-corrected chi connectivity index (χ1v) is 47.2. The highest BCUT2D eigenvalue weighted by molar-refractivity contribution is 6.15. The van der Waals surface area contributed by atoms with Crippen molar-refractivity contribution in [3.63, 3.8) is 0 Å². The third-order valence-electron chi connectivity index (χ3n) is 27.4. The topological polar surface area (TPSA) is 323 Å². The smallest absolute Gasteiger partial charge is 0.231 e. The zero-order chi connectivity index (χ0) is 96.7. The third kappa shape index (κ3) is 17.1. The molecule has 141 heavy (non-hydrogen) atoms. The number of nitrogens with one attached hydrogen (secondary N) is 5. The summed E-state index contributed by atoms with van der Waals surface area (Å²) in [5.41, 5.74) is 30.8. The van der Waals surface area contributed by atoms with E-state index in [2.05, 4.69) is 71.8 Å². The number of carbonyl (C=O) groups excluding carboxylic acids is 3. The summed E-state index contributed by atoms with van der Waals surface area (Å²) in [6, 6.07) is 45.2. The average Bonchev–Trinajstić information content (AvgIpc) is 1.73. The van der Waals surface area contributed by atoms with Crippen molar-refractivity contribution in [3.8, 4) is 92.0 Å². The zero-order valence-corrected chi connectivity index (χ0v) is 79.8. The molecule has 11 aliphatic rings. The number of aromatic nitrogens is 5. The van der Waals surface area contributed by atoms with Crippen LogP contribution < -0.4 is 102 Å². The van der Waals surface area contributed by atoms with Crippen LogP contribution in [0.15, 0.2) is 153 Å². The summed E-state index contributed by atoms with van der Waals surface area (Å²) in [5.74, 6) is 12.1. The Morgan fingerprint density at radius 1 is 0.270 bits per heavy atom. The fourth-order valence-electron chi connectivity index (χ4n) is 20.1. The van der Waals surface area contributed by atoms with Crippen LogP contribution in [-0.4, -0.2) is 118 Å². The molecule has 0 atom stereocenters. The summed E-state index contributed by atoms with van der Waals surface area (Å²) >= 11 is 0. The van der Waals surface area contributed by atoms with Crippen LogP contribution in [0.5, 0.6) is 92.0 Å². The molecule has 15 aromatic rings. The molecule has 0 unspecified atom stereocenters. The normalized spacial score (nSPS) is 15.1. The SMILES string of the molecule is C=C1CCc2nc3cc4c(cc3c(Nc3cc(C)c(C)c(OC)c3)c21)OCO4.C=C1CCc2nc3cc4c(cc3c(Nc3ccc(C)c(OC)c3)c21)OCO4.COc1cc(C)cc(Nc2c3c(nc4cc5c(cc24)OCCO5)CCCC3=O)c1.COc1cc(Nc2c3c(nc4cc5c(cc24)OCO5)CCCC3=O)cc(C)c1C.O=C1CCCc2nc3cc4c(cc3c(Nc3ccc5c(c3)OCO5)c21)OCO4. The first-order chi connectivity index (χ1) is 68.6. The maximum Gasteiger partial charge on any atom is 0.231 e. The lowest BCUT2D eigenvalue weighted by molar-refractivity contribution is 0.0964. The minimum absolute atomic E-state index is 0.108. The number of methoxy groups -OCH3 is 4. The number of hydrogen-bond donors (Lipinski definition) is 5. The molecule has 5 aromatic heterocycles. The number of ketones is 3. The number of ether oxygens (including phenoxy) is 16. The van der Waals surface area contributed by atoms with Crippen molar-refractivity contribution in [3.05, 3.63) is 242 Å². The zero-order valence-electron chi connectivity index (χ0n) is 79.8. The first-order valence-electron chi connectivity index (χ1n) is 47.2. The van der Waals surface area contributed by atoms with E-state index in [-0.39, 0.29) is 51.3 Å². The molecule has 0 spiro atoms. The van der Waals surface area contributed by atoms with Gasteiger partial charge in [0.05, 0.1) is 130 Å². The quantitative estimate of drug-likeness (QED) is 0.0675. The van der Waals surface area contributed by atoms with E-state index in [9.17, 15) is 14.4 Å². The Morgan fingerprint density at radius 2 is 0.574 bits per heavy atom. The molecule has 6 aliphatic heterocycles. The average molecular weight is 1890 g/mol. The number of nitrogens with zero attached hydrogens (tertiary/aromatic N) is 5. The number of fused-ring (bicyclic) bond motifs is 16. The fraction of sp³-hybridized carbons (Fsp3) is 0.268. The van der Waals surface area contributed by atoms with Crippen LogP contribution in [0.2, 0.25) is 0 Å². The number of anilines is 10. The molecular formula is C112H102N10O19. The Morgan fingerprint density at radius 3 is 0.950 bits per heavy atom. The van der Waals surface area contributed by atoms with Gasteiger partial charge in [-0.25, -0.2) is 0 Å². The van der Waals surface area contributed by atoms with E-state index in [1.165, 1.54) is 5.56 Å². The largest absolute Gasteiger partial charge is 0.497 e. The number of rotatable bonds is 14. The van der Waals surface area contributed by atoms with Crippen LogP contribution in [0.3, 0.4) is 0 Å². The minimum Gasteiger partial charge on any atom is -0.497 e. The number of benzene rings is 10. The second kappa shape index (κ2) is 37.1. The number of hydrogen-bond acceptors (Lipinski definition) is 29. The Hall–Kier alpha value is -16.5. The summed E-state index contributed by atoms with van der Waals surface area (Å²) < 4.78 is 88.8. The van der Waals surface area contributed by atoms with Gasteiger partial charge in [-0.2, -0.15) is 0 Å². The molecule has 0 fully saturated rings. The molecular weight excluding hydrogens is 1790 g/mol. The molecule has 29 heteroatoms. The lowest BCUT2D eigenvalue weighted by atomic mass is 9.91. The highest BCUT2D eigenvalue weighted by Gasteiger charge is 2.35. The summed E-state index contributed by atoms with van der Waals surface area (Å²) in [7, 11) is 6.70. The van der Waals surface area contributed by atoms with Gasteiger partial charge in [-0.05, 0) is 223 Å². The summed E-state index contributed by atoms with van der Waals surface area (Å²) in [6.45, 7) is 23.0. The predicted molar refractivity (Wildman–Crippen MR) is 540 cm³/mol. The molecule has 5 N–H and O–H groups in total. The number of aryl methyl sites for hydroxylation is 9. The molecule has 0 amide bonds. The molecule has 5 aliphatic carbocycles. The highest BCUT2D eigenvalue weighted by atomic mass is 16.7. The highest BCUT2D eigenvalue weighted by Crippen LogP contribution is 2.52. The van der Waals surface area contributed by atoms with Crippen LogP contribution in [-0.2, 0) is 32.1 Å². The van der Waals surface area contributed by atoms with Crippen LogP contribution >= 0.6 is 0 Å². The third-order valence-corrected chi connectivity index (χ3v) is 27.4. The summed E-state index contributed by atoms with van der Waals surface area (Å²) in [6.07, 6.45) is 10.1. The molecule has 0 bridgehead atoms. The molecule has 0 saturated heterocycles. The molecule has 26 rings (SSSR count). The van der Waals surface area contributed by atoms with Gasteiger partial charge in [-0.1, -0.05) is 19.2 Å². The van der Waals surface area contributed by atoms with Crippen LogP contribution in [0.1, 0.15) is 155 Å². The van der Waals surface area contributed by atoms with Crippen molar-refractivity contribution in [1.29, 1.82) is 0 Å². The lowest BCUT2D eigenvalue weighted by Gasteiger charge is -2.23. The van der Waals surface area contributed by atoms with Gasteiger partial charge in [0.2, 0.25) is 34.0 Å². The van der Waals surface area contributed by atoms with E-state index < -0.39 is 0 Å². The van der Waals surface area contributed by atoms with Crippen LogP contribution in [0.25, 0.3) is 65.7 Å². The van der Waals surface area contributed by atoms with Crippen molar-refractivity contribution in [2.45, 2.75) is 125 Å². The number of Topliss-reactive ketones (excluding diaryl/α,β-unsaturated/α-hetero) is 3. The Labute approximate surface area is 812 Å². The van der Waals surface area contributed by atoms with Crippen LogP contribution in [0, 0.1) is 41.5 Å².